The summed E-state index contributed by atoms with van der Waals surface area (Å²) in [5.41, 5.74) is 11.2. The fourth-order valence-corrected chi connectivity index (χ4v) is 13.4. The molecule has 53 heavy (non-hydrogen) atoms. The molecule has 0 bridgehead atoms. The van der Waals surface area contributed by atoms with Crippen LogP contribution in [0.15, 0.2) is 188 Å². The fraction of sp³-hybridized carbons (Fsp3) is 0. The molecule has 0 saturated carbocycles. The summed E-state index contributed by atoms with van der Waals surface area (Å²) in [6, 6.07) is 69.5. The third-order valence-electron chi connectivity index (χ3n) is 10.8. The molecule has 0 spiro atoms. The van der Waals surface area contributed by atoms with Gasteiger partial charge in [0.2, 0.25) is 0 Å². The summed E-state index contributed by atoms with van der Waals surface area (Å²) >= 11 is 0. The second-order valence-corrected chi connectivity index (χ2v) is 17.4. The van der Waals surface area contributed by atoms with Gasteiger partial charge in [0.15, 0.2) is 8.07 Å². The summed E-state index contributed by atoms with van der Waals surface area (Å²) in [5.74, 6) is 0. The number of nitrogens with zero attached hydrogens (tertiary/aromatic N) is 3. The van der Waals surface area contributed by atoms with E-state index in [1.54, 1.807) is 0 Å². The molecule has 0 fully saturated rings. The van der Waals surface area contributed by atoms with Gasteiger partial charge in [-0.3, -0.25) is 0 Å². The lowest BCUT2D eigenvalue weighted by Gasteiger charge is -2.31. The quantitative estimate of drug-likeness (QED) is 0.134. The third-order valence-corrected chi connectivity index (χ3v) is 15.7. The molecule has 2 aromatic heterocycles. The molecule has 1 aliphatic rings. The molecule has 1 aliphatic heterocycles. The van der Waals surface area contributed by atoms with Crippen LogP contribution in [0.2, 0.25) is 0 Å². The van der Waals surface area contributed by atoms with Crippen molar-refractivity contribution in [2.75, 3.05) is 0 Å². The second-order valence-electron chi connectivity index (χ2n) is 13.7. The van der Waals surface area contributed by atoms with E-state index in [0.717, 1.165) is 44.3 Å². The molecule has 0 aliphatic carbocycles. The van der Waals surface area contributed by atoms with E-state index in [9.17, 15) is 5.26 Å². The Kier molecular flexibility index (Phi) is 7.21. The summed E-state index contributed by atoms with van der Waals surface area (Å²) < 4.78 is 0. The lowest BCUT2D eigenvalue weighted by Crippen LogP contribution is -2.72. The number of nitriles is 1. The van der Waals surface area contributed by atoms with Crippen LogP contribution < -0.4 is 20.7 Å². The van der Waals surface area contributed by atoms with Gasteiger partial charge in [-0.25, -0.2) is 9.97 Å². The predicted octanol–water partition coefficient (Wildman–Crippen LogP) is 9.01. The van der Waals surface area contributed by atoms with Crippen molar-refractivity contribution in [3.63, 3.8) is 0 Å². The molecule has 0 radical (unpaired) electrons. The summed E-state index contributed by atoms with van der Waals surface area (Å²) in [4.78, 5) is 10.2. The van der Waals surface area contributed by atoms with Gasteiger partial charge >= 0.3 is 0 Å². The Bertz CT molecular complexity index is 2830. The molecule has 9 aromatic rings. The largest absolute Gasteiger partial charge is 0.245 e. The highest BCUT2D eigenvalue weighted by molar-refractivity contribution is 7.22. The van der Waals surface area contributed by atoms with E-state index < -0.39 is 8.07 Å². The molecule has 10 rings (SSSR count). The molecule has 3 heterocycles. The Hall–Kier alpha value is -6.93. The zero-order valence-electron chi connectivity index (χ0n) is 28.7. The number of benzene rings is 7. The van der Waals surface area contributed by atoms with Gasteiger partial charge in [-0.05, 0) is 67.3 Å². The number of hydrogen-bond acceptors (Lipinski definition) is 3. The van der Waals surface area contributed by atoms with E-state index in [2.05, 4.69) is 164 Å². The molecule has 0 saturated heterocycles. The second kappa shape index (κ2) is 12.4. The average molecular weight is 690 g/mol. The van der Waals surface area contributed by atoms with Crippen molar-refractivity contribution >= 4 is 50.6 Å². The molecule has 0 amide bonds. The van der Waals surface area contributed by atoms with Crippen LogP contribution in [0, 0.1) is 11.3 Å². The maximum Gasteiger partial charge on any atom is 0.180 e. The van der Waals surface area contributed by atoms with Crippen molar-refractivity contribution in [3.8, 4) is 50.8 Å². The Labute approximate surface area is 309 Å². The maximum absolute atomic E-state index is 9.23. The minimum atomic E-state index is -2.50. The summed E-state index contributed by atoms with van der Waals surface area (Å²) in [6.07, 6.45) is 0. The standard InChI is InChI=1S/C49H31N3Si/c50-32-33-14-16-36(17-15-33)44-30-26-38-22-23-39-27-31-45(52-49(39)48(38)51-44)37-20-18-34(19-21-37)35-24-28-41(29-25-35)53(40-8-2-1-3-9-40)46-12-6-4-10-42(46)43-11-5-7-13-47(43)53/h1-31H. The van der Waals surface area contributed by atoms with E-state index in [-0.39, 0.29) is 0 Å². The molecule has 7 aromatic carbocycles. The van der Waals surface area contributed by atoms with E-state index in [1.807, 2.05) is 30.3 Å². The first-order valence-electron chi connectivity index (χ1n) is 17.9. The monoisotopic (exact) mass is 689 g/mol. The van der Waals surface area contributed by atoms with Crippen LogP contribution in [-0.4, -0.2) is 18.0 Å². The number of rotatable bonds is 5. The molecule has 246 valence electrons. The molecule has 4 heteroatoms. The van der Waals surface area contributed by atoms with Gasteiger partial charge in [0.25, 0.3) is 0 Å². The van der Waals surface area contributed by atoms with Crippen molar-refractivity contribution in [2.24, 2.45) is 0 Å². The summed E-state index contributed by atoms with van der Waals surface area (Å²) in [6.45, 7) is 0. The Morgan fingerprint density at radius 1 is 0.377 bits per heavy atom. The number of pyridine rings is 2. The summed E-state index contributed by atoms with van der Waals surface area (Å²) in [7, 11) is -2.50. The van der Waals surface area contributed by atoms with Crippen LogP contribution in [0.4, 0.5) is 0 Å². The number of fused-ring (bicyclic) bond motifs is 6. The number of hydrogen-bond donors (Lipinski definition) is 0. The van der Waals surface area contributed by atoms with Crippen molar-refractivity contribution < 1.29 is 0 Å². The van der Waals surface area contributed by atoms with Crippen LogP contribution >= 0.6 is 0 Å². The zero-order valence-corrected chi connectivity index (χ0v) is 29.7. The van der Waals surface area contributed by atoms with E-state index in [1.165, 1.54) is 43.0 Å². The van der Waals surface area contributed by atoms with Crippen LogP contribution in [0.25, 0.3) is 66.6 Å². The first-order chi connectivity index (χ1) is 26.2. The van der Waals surface area contributed by atoms with Crippen molar-refractivity contribution in [1.29, 1.82) is 5.26 Å². The molecule has 0 atom stereocenters. The van der Waals surface area contributed by atoms with Gasteiger partial charge < -0.3 is 0 Å². The highest BCUT2D eigenvalue weighted by Crippen LogP contribution is 2.32. The predicted molar refractivity (Wildman–Crippen MR) is 221 cm³/mol. The summed E-state index contributed by atoms with van der Waals surface area (Å²) in [5, 5.41) is 17.0. The van der Waals surface area contributed by atoms with Crippen LogP contribution in [0.5, 0.6) is 0 Å². The average Bonchev–Trinajstić information content (AvgIpc) is 3.55. The van der Waals surface area contributed by atoms with E-state index in [4.69, 9.17) is 9.97 Å². The Morgan fingerprint density at radius 2 is 0.792 bits per heavy atom. The highest BCUT2D eigenvalue weighted by atomic mass is 28.3. The first-order valence-corrected chi connectivity index (χ1v) is 19.9. The zero-order chi connectivity index (χ0) is 35.4. The molecular formula is C49H31N3Si. The lowest BCUT2D eigenvalue weighted by molar-refractivity contribution is 1.36. The van der Waals surface area contributed by atoms with Crippen LogP contribution in [0.1, 0.15) is 5.56 Å². The Balaban J connectivity index is 1.01. The molecule has 0 unspecified atom stereocenters. The van der Waals surface area contributed by atoms with Gasteiger partial charge in [0.05, 0.1) is 34.1 Å². The van der Waals surface area contributed by atoms with Crippen LogP contribution in [0.3, 0.4) is 0 Å². The van der Waals surface area contributed by atoms with E-state index >= 15 is 0 Å². The molecular weight excluding hydrogens is 659 g/mol. The third kappa shape index (κ3) is 4.94. The smallest absolute Gasteiger partial charge is 0.180 e. The minimum Gasteiger partial charge on any atom is -0.245 e. The fourth-order valence-electron chi connectivity index (χ4n) is 8.26. The maximum atomic E-state index is 9.23. The van der Waals surface area contributed by atoms with Crippen molar-refractivity contribution in [3.05, 3.63) is 194 Å². The highest BCUT2D eigenvalue weighted by Gasteiger charge is 2.48. The number of aromatic nitrogens is 2. The van der Waals surface area contributed by atoms with Crippen molar-refractivity contribution in [1.82, 2.24) is 9.97 Å². The van der Waals surface area contributed by atoms with Gasteiger partial charge in [-0.1, -0.05) is 164 Å². The van der Waals surface area contributed by atoms with Crippen molar-refractivity contribution in [2.45, 2.75) is 0 Å². The topological polar surface area (TPSA) is 49.6 Å². The normalized spacial score (nSPS) is 12.7. The van der Waals surface area contributed by atoms with Gasteiger partial charge in [0.1, 0.15) is 0 Å². The first kappa shape index (κ1) is 30.9. The minimum absolute atomic E-state index is 0.633. The molecule has 0 N–H and O–H groups in total. The van der Waals surface area contributed by atoms with Gasteiger partial charge in [-0.2, -0.15) is 5.26 Å². The van der Waals surface area contributed by atoms with Gasteiger partial charge in [-0.15, -0.1) is 0 Å². The van der Waals surface area contributed by atoms with E-state index in [0.29, 0.717) is 5.56 Å². The lowest BCUT2D eigenvalue weighted by atomic mass is 10.0. The Morgan fingerprint density at radius 3 is 1.32 bits per heavy atom. The SMILES string of the molecule is N#Cc1ccc(-c2ccc3ccc4ccc(-c5ccc(-c6ccc([Si]7(c8ccccc8)c8ccccc8-c8ccccc87)cc6)cc5)nc4c3n2)cc1. The van der Waals surface area contributed by atoms with Gasteiger partial charge in [0, 0.05) is 21.9 Å². The van der Waals surface area contributed by atoms with Crippen LogP contribution in [-0.2, 0) is 0 Å². The molecule has 3 nitrogen and oxygen atoms in total.